The summed E-state index contributed by atoms with van der Waals surface area (Å²) in [5.41, 5.74) is 1.19. The number of phosphoric acid groups is 1. The highest BCUT2D eigenvalue weighted by Gasteiger charge is 2.49. The number of nitrogens with zero attached hydrogens (tertiary/aromatic N) is 1. The van der Waals surface area contributed by atoms with E-state index in [1.54, 1.807) is 14.2 Å². The minimum Gasteiger partial charge on any atom is -0.493 e. The number of hydrogen-bond acceptors (Lipinski definition) is 7. The molecule has 4 rings (SSSR count). The second-order valence-electron chi connectivity index (χ2n) is 7.59. The van der Waals surface area contributed by atoms with Crippen LogP contribution in [0.25, 0.3) is 0 Å². The fraction of sp³-hybridized carbons (Fsp3) is 0.600. The first kappa shape index (κ1) is 19.8. The SMILES string of the molecule is COc1ccc(C23CCC(OP4(=O)OCCCO4)=CC2N(C)CC3)cc1OC. The van der Waals surface area contributed by atoms with Gasteiger partial charge in [0, 0.05) is 17.9 Å². The van der Waals surface area contributed by atoms with E-state index in [-0.39, 0.29) is 11.5 Å². The van der Waals surface area contributed by atoms with E-state index < -0.39 is 7.82 Å². The van der Waals surface area contributed by atoms with Crippen LogP contribution in [-0.2, 0) is 23.6 Å². The van der Waals surface area contributed by atoms with Crippen LogP contribution >= 0.6 is 7.82 Å². The quantitative estimate of drug-likeness (QED) is 0.684. The lowest BCUT2D eigenvalue weighted by Gasteiger charge is -2.40. The highest BCUT2D eigenvalue weighted by molar-refractivity contribution is 7.48. The monoisotopic (exact) mass is 409 g/mol. The van der Waals surface area contributed by atoms with Crippen molar-refractivity contribution in [2.45, 2.75) is 37.1 Å². The van der Waals surface area contributed by atoms with Crippen molar-refractivity contribution in [3.05, 3.63) is 35.6 Å². The van der Waals surface area contributed by atoms with Gasteiger partial charge in [0.25, 0.3) is 0 Å². The molecule has 28 heavy (non-hydrogen) atoms. The van der Waals surface area contributed by atoms with Gasteiger partial charge >= 0.3 is 7.82 Å². The summed E-state index contributed by atoms with van der Waals surface area (Å²) in [6, 6.07) is 6.32. The van der Waals surface area contributed by atoms with Crippen molar-refractivity contribution < 1.29 is 27.6 Å². The van der Waals surface area contributed by atoms with Crippen LogP contribution in [0.5, 0.6) is 11.5 Å². The van der Waals surface area contributed by atoms with Crippen LogP contribution in [0.1, 0.15) is 31.2 Å². The number of phosphoric ester groups is 1. The number of rotatable bonds is 5. The fourth-order valence-corrected chi connectivity index (χ4v) is 5.90. The predicted octanol–water partition coefficient (Wildman–Crippen LogP) is 3.89. The van der Waals surface area contributed by atoms with Crippen LogP contribution < -0.4 is 9.47 Å². The molecule has 0 aromatic heterocycles. The van der Waals surface area contributed by atoms with Gasteiger partial charge < -0.3 is 14.0 Å². The minimum absolute atomic E-state index is 0.0378. The van der Waals surface area contributed by atoms with E-state index in [0.717, 1.165) is 37.3 Å². The molecule has 0 N–H and O–H groups in total. The molecule has 2 atom stereocenters. The molecule has 2 unspecified atom stereocenters. The molecule has 2 saturated heterocycles. The number of allylic oxidation sites excluding steroid dienone is 1. The van der Waals surface area contributed by atoms with E-state index in [0.29, 0.717) is 25.4 Å². The number of fused-ring (bicyclic) bond motifs is 1. The van der Waals surface area contributed by atoms with Crippen molar-refractivity contribution in [3.8, 4) is 11.5 Å². The van der Waals surface area contributed by atoms with Gasteiger partial charge in [-0.05, 0) is 56.6 Å². The van der Waals surface area contributed by atoms with E-state index in [2.05, 4.69) is 30.2 Å². The molecule has 8 heteroatoms. The molecule has 2 heterocycles. The van der Waals surface area contributed by atoms with E-state index >= 15 is 0 Å². The molecule has 0 spiro atoms. The smallest absolute Gasteiger partial charge is 0.493 e. The maximum atomic E-state index is 12.6. The number of ether oxygens (including phenoxy) is 2. The number of likely N-dealkylation sites (N-methyl/N-ethyl adjacent to an activating group) is 1. The summed E-state index contributed by atoms with van der Waals surface area (Å²) in [5.74, 6) is 2.16. The normalized spacial score (nSPS) is 29.7. The van der Waals surface area contributed by atoms with Crippen LogP contribution in [0.4, 0.5) is 0 Å². The standard InChI is InChI=1S/C20H28NO6P/c1-21-10-9-20(15-5-6-17(23-2)18(13-15)24-3)8-7-16(14-19(20)21)27-28(22)25-11-4-12-26-28/h5-6,13-14,19H,4,7-12H2,1-3H3. The summed E-state index contributed by atoms with van der Waals surface area (Å²) in [4.78, 5) is 2.32. The topological polar surface area (TPSA) is 66.5 Å². The summed E-state index contributed by atoms with van der Waals surface area (Å²) in [6.07, 6.45) is 5.45. The second kappa shape index (κ2) is 7.71. The van der Waals surface area contributed by atoms with Crippen LogP contribution in [0.2, 0.25) is 0 Å². The zero-order chi connectivity index (χ0) is 19.8. The molecule has 1 aliphatic carbocycles. The Bertz CT molecular complexity index is 802. The van der Waals surface area contributed by atoms with Gasteiger partial charge in [-0.25, -0.2) is 4.57 Å². The first-order valence-corrected chi connectivity index (χ1v) is 11.2. The van der Waals surface area contributed by atoms with Crippen molar-refractivity contribution in [2.75, 3.05) is 41.0 Å². The summed E-state index contributed by atoms with van der Waals surface area (Å²) in [6.45, 7) is 1.79. The van der Waals surface area contributed by atoms with Gasteiger partial charge in [-0.3, -0.25) is 13.9 Å². The Kier molecular flexibility index (Phi) is 5.45. The average Bonchev–Trinajstić information content (AvgIpc) is 3.05. The number of benzene rings is 1. The Morgan fingerprint density at radius 2 is 1.89 bits per heavy atom. The molecule has 3 aliphatic rings. The first-order chi connectivity index (χ1) is 13.5. The Morgan fingerprint density at radius 3 is 2.61 bits per heavy atom. The van der Waals surface area contributed by atoms with E-state index in [4.69, 9.17) is 23.0 Å². The predicted molar refractivity (Wildman–Crippen MR) is 105 cm³/mol. The minimum atomic E-state index is -3.48. The largest absolute Gasteiger partial charge is 0.529 e. The van der Waals surface area contributed by atoms with Crippen molar-refractivity contribution in [2.24, 2.45) is 0 Å². The van der Waals surface area contributed by atoms with Crippen molar-refractivity contribution in [3.63, 3.8) is 0 Å². The van der Waals surface area contributed by atoms with Crippen molar-refractivity contribution in [1.82, 2.24) is 4.90 Å². The molecule has 0 saturated carbocycles. The van der Waals surface area contributed by atoms with Gasteiger partial charge in [0.05, 0.1) is 27.4 Å². The zero-order valence-corrected chi connectivity index (χ0v) is 17.6. The Balaban J connectivity index is 1.64. The Morgan fingerprint density at radius 1 is 1.14 bits per heavy atom. The van der Waals surface area contributed by atoms with Gasteiger partial charge in [-0.2, -0.15) is 0 Å². The van der Waals surface area contributed by atoms with Gasteiger partial charge in [-0.1, -0.05) is 6.07 Å². The third-order valence-corrected chi connectivity index (χ3v) is 7.54. The molecule has 7 nitrogen and oxygen atoms in total. The van der Waals surface area contributed by atoms with Gasteiger partial charge in [0.15, 0.2) is 11.5 Å². The van der Waals surface area contributed by atoms with Crippen LogP contribution in [0.15, 0.2) is 30.0 Å². The van der Waals surface area contributed by atoms with E-state index in [1.807, 2.05) is 6.07 Å². The fourth-order valence-electron chi connectivity index (χ4n) is 4.58. The lowest BCUT2D eigenvalue weighted by molar-refractivity contribution is 0.0861. The summed E-state index contributed by atoms with van der Waals surface area (Å²) in [7, 11) is 1.94. The molecule has 2 fully saturated rings. The van der Waals surface area contributed by atoms with E-state index in [1.165, 1.54) is 5.56 Å². The molecule has 0 amide bonds. The molecular weight excluding hydrogens is 381 g/mol. The summed E-state index contributed by atoms with van der Waals surface area (Å²) >= 11 is 0. The van der Waals surface area contributed by atoms with Crippen LogP contribution in [0, 0.1) is 0 Å². The Hall–Kier alpha value is -1.53. The van der Waals surface area contributed by atoms with Crippen molar-refractivity contribution >= 4 is 7.82 Å². The highest BCUT2D eigenvalue weighted by atomic mass is 31.2. The first-order valence-electron chi connectivity index (χ1n) is 9.72. The molecule has 0 radical (unpaired) electrons. The summed E-state index contributed by atoms with van der Waals surface area (Å²) < 4.78 is 39.9. The number of likely N-dealkylation sites (tertiary alicyclic amines) is 1. The maximum Gasteiger partial charge on any atom is 0.529 e. The lowest BCUT2D eigenvalue weighted by atomic mass is 9.68. The van der Waals surface area contributed by atoms with Gasteiger partial charge in [0.1, 0.15) is 5.76 Å². The third-order valence-electron chi connectivity index (χ3n) is 6.09. The maximum absolute atomic E-state index is 12.6. The summed E-state index contributed by atoms with van der Waals surface area (Å²) in [5, 5.41) is 0. The molecule has 1 aromatic rings. The third kappa shape index (κ3) is 3.45. The Labute approximate surface area is 166 Å². The van der Waals surface area contributed by atoms with Crippen LogP contribution in [-0.4, -0.2) is 52.0 Å². The number of methoxy groups -OCH3 is 2. The average molecular weight is 409 g/mol. The zero-order valence-electron chi connectivity index (χ0n) is 16.7. The molecule has 1 aromatic carbocycles. The van der Waals surface area contributed by atoms with E-state index in [9.17, 15) is 4.57 Å². The van der Waals surface area contributed by atoms with Crippen molar-refractivity contribution in [1.29, 1.82) is 0 Å². The highest BCUT2D eigenvalue weighted by Crippen LogP contribution is 2.56. The molecule has 154 valence electrons. The molecule has 2 aliphatic heterocycles. The van der Waals surface area contributed by atoms with Gasteiger partial charge in [0.2, 0.25) is 0 Å². The van der Waals surface area contributed by atoms with Crippen LogP contribution in [0.3, 0.4) is 0 Å². The molecule has 0 bridgehead atoms. The van der Waals surface area contributed by atoms with Gasteiger partial charge in [-0.15, -0.1) is 0 Å². The lowest BCUT2D eigenvalue weighted by Crippen LogP contribution is -2.42. The second-order valence-corrected chi connectivity index (χ2v) is 9.19. The molecular formula is C20H28NO6P. The number of hydrogen-bond donors (Lipinski definition) is 0.